The standard InChI is InChI=1S/C27H22F3NO5/c1-15-12-19-22(13-16(15)2)36-25(17-8-10-18(34-3)11-9-17)26(24(19)33)35-14-23(32)31-21-7-5-4-6-20(21)27(28,29)30/h4-13H,14H2,1-3H3,(H,31,32). The minimum absolute atomic E-state index is 0.0851. The van der Waals surface area contributed by atoms with E-state index in [1.165, 1.54) is 19.2 Å². The summed E-state index contributed by atoms with van der Waals surface area (Å²) in [4.78, 5) is 25.9. The summed E-state index contributed by atoms with van der Waals surface area (Å²) in [6, 6.07) is 14.7. The monoisotopic (exact) mass is 497 g/mol. The molecule has 6 nitrogen and oxygen atoms in total. The molecule has 0 atom stereocenters. The molecule has 36 heavy (non-hydrogen) atoms. The molecule has 1 heterocycles. The van der Waals surface area contributed by atoms with Crippen LogP contribution in [0.4, 0.5) is 18.9 Å². The van der Waals surface area contributed by atoms with Crippen molar-refractivity contribution >= 4 is 22.6 Å². The Balaban J connectivity index is 1.71. The molecule has 4 aromatic rings. The largest absolute Gasteiger partial charge is 0.497 e. The minimum atomic E-state index is -4.65. The number of carbonyl (C=O) groups excluding carboxylic acids is 1. The van der Waals surface area contributed by atoms with E-state index < -0.39 is 35.4 Å². The van der Waals surface area contributed by atoms with Crippen molar-refractivity contribution in [2.24, 2.45) is 0 Å². The molecular weight excluding hydrogens is 475 g/mol. The van der Waals surface area contributed by atoms with Crippen LogP contribution in [0.1, 0.15) is 16.7 Å². The second-order valence-corrected chi connectivity index (χ2v) is 8.13. The lowest BCUT2D eigenvalue weighted by Gasteiger charge is -2.15. The Labute approximate surface area is 204 Å². The maximum Gasteiger partial charge on any atom is 0.418 e. The van der Waals surface area contributed by atoms with Crippen LogP contribution in [-0.4, -0.2) is 19.6 Å². The molecule has 186 valence electrons. The Morgan fingerprint density at radius 2 is 1.67 bits per heavy atom. The van der Waals surface area contributed by atoms with Crippen molar-refractivity contribution in [2.75, 3.05) is 19.0 Å². The Morgan fingerprint density at radius 1 is 1.00 bits per heavy atom. The van der Waals surface area contributed by atoms with Crippen LogP contribution in [0.15, 0.2) is 69.9 Å². The van der Waals surface area contributed by atoms with E-state index >= 15 is 0 Å². The molecule has 1 N–H and O–H groups in total. The number of carbonyl (C=O) groups is 1. The van der Waals surface area contributed by atoms with E-state index in [1.807, 2.05) is 13.8 Å². The SMILES string of the molecule is COc1ccc(-c2oc3cc(C)c(C)cc3c(=O)c2OCC(=O)Nc2ccccc2C(F)(F)F)cc1. The van der Waals surface area contributed by atoms with Gasteiger partial charge in [-0.1, -0.05) is 12.1 Å². The number of amides is 1. The molecule has 3 aromatic carbocycles. The minimum Gasteiger partial charge on any atom is -0.497 e. The maximum absolute atomic E-state index is 13.4. The second kappa shape index (κ2) is 9.77. The lowest BCUT2D eigenvalue weighted by atomic mass is 10.0. The molecule has 0 saturated heterocycles. The highest BCUT2D eigenvalue weighted by Crippen LogP contribution is 2.35. The number of rotatable bonds is 6. The van der Waals surface area contributed by atoms with Crippen molar-refractivity contribution in [3.63, 3.8) is 0 Å². The van der Waals surface area contributed by atoms with Crippen molar-refractivity contribution in [1.82, 2.24) is 0 Å². The average Bonchev–Trinajstić information content (AvgIpc) is 2.84. The molecule has 0 aliphatic heterocycles. The first kappa shape index (κ1) is 24.8. The molecule has 0 aliphatic carbocycles. The lowest BCUT2D eigenvalue weighted by Crippen LogP contribution is -2.24. The summed E-state index contributed by atoms with van der Waals surface area (Å²) in [5.41, 5.74) is 0.699. The molecule has 1 amide bonds. The summed E-state index contributed by atoms with van der Waals surface area (Å²) in [5, 5.41) is 2.46. The molecule has 0 radical (unpaired) electrons. The number of nitrogens with one attached hydrogen (secondary N) is 1. The number of anilines is 1. The number of benzene rings is 3. The first-order valence-electron chi connectivity index (χ1n) is 10.9. The zero-order chi connectivity index (χ0) is 26.0. The van der Waals surface area contributed by atoms with Crippen molar-refractivity contribution < 1.29 is 31.9 Å². The predicted octanol–water partition coefficient (Wildman–Crippen LogP) is 6.12. The maximum atomic E-state index is 13.4. The average molecular weight is 497 g/mol. The normalized spacial score (nSPS) is 11.4. The zero-order valence-corrected chi connectivity index (χ0v) is 19.7. The van der Waals surface area contributed by atoms with Gasteiger partial charge in [-0.3, -0.25) is 9.59 Å². The van der Waals surface area contributed by atoms with Crippen LogP contribution in [0.5, 0.6) is 11.5 Å². The second-order valence-electron chi connectivity index (χ2n) is 8.13. The van der Waals surface area contributed by atoms with Crippen molar-refractivity contribution in [3.05, 3.63) is 87.6 Å². The van der Waals surface area contributed by atoms with Gasteiger partial charge >= 0.3 is 6.18 Å². The first-order valence-corrected chi connectivity index (χ1v) is 10.9. The fourth-order valence-corrected chi connectivity index (χ4v) is 3.66. The van der Waals surface area contributed by atoms with Gasteiger partial charge in [-0.05, 0) is 73.5 Å². The molecule has 1 aromatic heterocycles. The van der Waals surface area contributed by atoms with Gasteiger partial charge in [-0.2, -0.15) is 13.2 Å². The van der Waals surface area contributed by atoms with E-state index in [1.54, 1.807) is 36.4 Å². The number of para-hydroxylation sites is 1. The summed E-state index contributed by atoms with van der Waals surface area (Å²) in [6.45, 7) is 3.02. The van der Waals surface area contributed by atoms with Crippen LogP contribution >= 0.6 is 0 Å². The van der Waals surface area contributed by atoms with E-state index in [-0.39, 0.29) is 16.9 Å². The summed E-state index contributed by atoms with van der Waals surface area (Å²) >= 11 is 0. The molecular formula is C27H22F3NO5. The van der Waals surface area contributed by atoms with Crippen LogP contribution in [0.25, 0.3) is 22.3 Å². The van der Waals surface area contributed by atoms with Crippen LogP contribution in [0.2, 0.25) is 0 Å². The predicted molar refractivity (Wildman–Crippen MR) is 130 cm³/mol. The fourth-order valence-electron chi connectivity index (χ4n) is 3.66. The van der Waals surface area contributed by atoms with E-state index in [4.69, 9.17) is 13.9 Å². The first-order chi connectivity index (χ1) is 17.1. The van der Waals surface area contributed by atoms with Crippen molar-refractivity contribution in [2.45, 2.75) is 20.0 Å². The van der Waals surface area contributed by atoms with Gasteiger partial charge in [-0.15, -0.1) is 0 Å². The zero-order valence-electron chi connectivity index (χ0n) is 19.7. The number of alkyl halides is 3. The van der Waals surface area contributed by atoms with Crippen LogP contribution in [-0.2, 0) is 11.0 Å². The highest BCUT2D eigenvalue weighted by Gasteiger charge is 2.33. The molecule has 0 saturated carbocycles. The molecule has 0 unspecified atom stereocenters. The molecule has 0 spiro atoms. The van der Waals surface area contributed by atoms with E-state index in [0.717, 1.165) is 23.3 Å². The Bertz CT molecular complexity index is 1490. The topological polar surface area (TPSA) is 77.8 Å². The smallest absolute Gasteiger partial charge is 0.418 e. The van der Waals surface area contributed by atoms with Crippen molar-refractivity contribution in [1.29, 1.82) is 0 Å². The summed E-state index contributed by atoms with van der Waals surface area (Å²) in [5.74, 6) is -0.428. The molecule has 9 heteroatoms. The number of methoxy groups -OCH3 is 1. The molecule has 0 fully saturated rings. The van der Waals surface area contributed by atoms with Gasteiger partial charge in [-0.25, -0.2) is 0 Å². The number of aryl methyl sites for hydroxylation is 2. The van der Waals surface area contributed by atoms with Crippen LogP contribution in [0, 0.1) is 13.8 Å². The van der Waals surface area contributed by atoms with Gasteiger partial charge < -0.3 is 19.2 Å². The fraction of sp³-hybridized carbons (Fsp3) is 0.185. The Hall–Kier alpha value is -4.27. The third-order valence-corrected chi connectivity index (χ3v) is 5.67. The number of halogens is 3. The summed E-state index contributed by atoms with van der Waals surface area (Å²) < 4.78 is 56.6. The lowest BCUT2D eigenvalue weighted by molar-refractivity contribution is -0.137. The van der Waals surface area contributed by atoms with Gasteiger partial charge in [0.05, 0.1) is 23.7 Å². The number of hydrogen-bond acceptors (Lipinski definition) is 5. The molecule has 4 rings (SSSR count). The summed E-state index contributed by atoms with van der Waals surface area (Å²) in [7, 11) is 1.51. The van der Waals surface area contributed by atoms with Gasteiger partial charge in [0.25, 0.3) is 5.91 Å². The van der Waals surface area contributed by atoms with Gasteiger partial charge in [0.2, 0.25) is 11.2 Å². The van der Waals surface area contributed by atoms with E-state index in [9.17, 15) is 22.8 Å². The van der Waals surface area contributed by atoms with E-state index in [2.05, 4.69) is 5.32 Å². The van der Waals surface area contributed by atoms with Crippen molar-refractivity contribution in [3.8, 4) is 22.8 Å². The van der Waals surface area contributed by atoms with Gasteiger partial charge in [0.15, 0.2) is 12.4 Å². The van der Waals surface area contributed by atoms with Crippen LogP contribution < -0.4 is 20.2 Å². The quantitative estimate of drug-likeness (QED) is 0.347. The third-order valence-electron chi connectivity index (χ3n) is 5.67. The number of fused-ring (bicyclic) bond motifs is 1. The number of ether oxygens (including phenoxy) is 2. The van der Waals surface area contributed by atoms with Gasteiger partial charge in [0, 0.05) is 5.56 Å². The summed E-state index contributed by atoms with van der Waals surface area (Å²) in [6.07, 6.45) is -4.65. The molecule has 0 bridgehead atoms. The molecule has 0 aliphatic rings. The highest BCUT2D eigenvalue weighted by atomic mass is 19.4. The Kier molecular flexibility index (Phi) is 6.74. The van der Waals surface area contributed by atoms with Crippen LogP contribution in [0.3, 0.4) is 0 Å². The third kappa shape index (κ3) is 5.05. The van der Waals surface area contributed by atoms with E-state index in [0.29, 0.717) is 16.9 Å². The highest BCUT2D eigenvalue weighted by molar-refractivity contribution is 5.93. The number of hydrogen-bond donors (Lipinski definition) is 1. The Morgan fingerprint density at radius 3 is 2.33 bits per heavy atom. The van der Waals surface area contributed by atoms with Gasteiger partial charge in [0.1, 0.15) is 11.3 Å².